The lowest BCUT2D eigenvalue weighted by Gasteiger charge is -2.17. The number of ether oxygens (including phenoxy) is 1. The van der Waals surface area contributed by atoms with E-state index in [1.807, 2.05) is 18.2 Å². The van der Waals surface area contributed by atoms with Crippen LogP contribution in [0.2, 0.25) is 0 Å². The molecule has 0 radical (unpaired) electrons. The van der Waals surface area contributed by atoms with Gasteiger partial charge in [-0.25, -0.2) is 8.42 Å². The topological polar surface area (TPSA) is 69.4 Å². The van der Waals surface area contributed by atoms with E-state index < -0.39 is 15.9 Å². The first-order valence-electron chi connectivity index (χ1n) is 5.89. The molecule has 1 atom stereocenters. The molecule has 1 aliphatic rings. The lowest BCUT2D eigenvalue weighted by atomic mass is 9.85. The summed E-state index contributed by atoms with van der Waals surface area (Å²) in [5, 5.41) is 0. The minimum Gasteiger partial charge on any atom is -0.492 e. The number of hydrogen-bond donors (Lipinski definition) is 1. The molecule has 1 aromatic carbocycles. The van der Waals surface area contributed by atoms with Crippen LogP contribution in [0, 0.1) is 0 Å². The molecule has 1 heterocycles. The number of nitrogens with two attached hydrogens (primary N) is 1. The van der Waals surface area contributed by atoms with Crippen LogP contribution in [-0.2, 0) is 15.3 Å². The minimum atomic E-state index is -3.07. The lowest BCUT2D eigenvalue weighted by Crippen LogP contribution is -2.22. The summed E-state index contributed by atoms with van der Waals surface area (Å²) in [6.45, 7) is 4.85. The maximum Gasteiger partial charge on any atom is 0.149 e. The quantitative estimate of drug-likeness (QED) is 0.900. The van der Waals surface area contributed by atoms with Crippen LogP contribution in [0.3, 0.4) is 0 Å². The van der Waals surface area contributed by atoms with Crippen LogP contribution < -0.4 is 10.5 Å². The normalized spacial score (nSPS) is 19.1. The molecule has 0 saturated carbocycles. The first kappa shape index (κ1) is 13.4. The van der Waals surface area contributed by atoms with Gasteiger partial charge in [-0.3, -0.25) is 0 Å². The monoisotopic (exact) mass is 269 g/mol. The number of fused-ring (bicyclic) bond motifs is 1. The van der Waals surface area contributed by atoms with Crippen molar-refractivity contribution in [2.75, 3.05) is 18.6 Å². The van der Waals surface area contributed by atoms with Crippen molar-refractivity contribution in [1.29, 1.82) is 0 Å². The van der Waals surface area contributed by atoms with Gasteiger partial charge in [0.15, 0.2) is 0 Å². The van der Waals surface area contributed by atoms with E-state index in [1.54, 1.807) is 0 Å². The molecule has 5 heteroatoms. The third kappa shape index (κ3) is 2.67. The predicted octanol–water partition coefficient (Wildman–Crippen LogP) is 1.40. The smallest absolute Gasteiger partial charge is 0.149 e. The second-order valence-corrected chi connectivity index (χ2v) is 7.81. The van der Waals surface area contributed by atoms with E-state index in [0.29, 0.717) is 6.61 Å². The van der Waals surface area contributed by atoms with Gasteiger partial charge in [-0.05, 0) is 17.7 Å². The fourth-order valence-electron chi connectivity index (χ4n) is 2.19. The van der Waals surface area contributed by atoms with Gasteiger partial charge in [-0.15, -0.1) is 0 Å². The van der Waals surface area contributed by atoms with Crippen LogP contribution in [0.1, 0.15) is 31.0 Å². The molecule has 1 unspecified atom stereocenters. The summed E-state index contributed by atoms with van der Waals surface area (Å²) < 4.78 is 28.1. The van der Waals surface area contributed by atoms with Gasteiger partial charge >= 0.3 is 0 Å². The maximum absolute atomic E-state index is 11.3. The van der Waals surface area contributed by atoms with E-state index in [1.165, 1.54) is 6.26 Å². The summed E-state index contributed by atoms with van der Waals surface area (Å²) in [5.74, 6) is 0.836. The first-order valence-corrected chi connectivity index (χ1v) is 7.96. The number of sulfone groups is 1. The molecule has 18 heavy (non-hydrogen) atoms. The molecule has 4 nitrogen and oxygen atoms in total. The highest BCUT2D eigenvalue weighted by molar-refractivity contribution is 7.90. The zero-order valence-electron chi connectivity index (χ0n) is 10.9. The number of benzene rings is 1. The van der Waals surface area contributed by atoms with Crippen molar-refractivity contribution in [3.8, 4) is 5.75 Å². The molecule has 1 aliphatic heterocycles. The molecular formula is C13H19NO3S. The molecule has 2 N–H and O–H groups in total. The lowest BCUT2D eigenvalue weighted by molar-refractivity contribution is 0.291. The third-order valence-corrected chi connectivity index (χ3v) is 4.20. The average molecular weight is 269 g/mol. The van der Waals surface area contributed by atoms with Gasteiger partial charge in [0.2, 0.25) is 0 Å². The average Bonchev–Trinajstić information content (AvgIpc) is 2.52. The van der Waals surface area contributed by atoms with E-state index in [0.717, 1.165) is 16.9 Å². The Bertz CT molecular complexity index is 564. The predicted molar refractivity (Wildman–Crippen MR) is 71.6 cm³/mol. The van der Waals surface area contributed by atoms with Crippen molar-refractivity contribution in [2.24, 2.45) is 5.73 Å². The molecule has 1 aromatic rings. The summed E-state index contributed by atoms with van der Waals surface area (Å²) in [5.41, 5.74) is 7.84. The Morgan fingerprint density at radius 3 is 2.72 bits per heavy atom. The highest BCUT2D eigenvalue weighted by Crippen LogP contribution is 2.39. The van der Waals surface area contributed by atoms with Crippen molar-refractivity contribution < 1.29 is 13.2 Å². The van der Waals surface area contributed by atoms with Gasteiger partial charge in [0.05, 0.1) is 12.4 Å². The standard InChI is InChI=1S/C13H19NO3S/c1-13(2)8-17-12-5-4-9(6-10(12)13)11(14)7-18(3,15)16/h4-6,11H,7-8,14H2,1-3H3. The van der Waals surface area contributed by atoms with Gasteiger partial charge in [0.1, 0.15) is 15.6 Å². The Balaban J connectivity index is 2.32. The Morgan fingerprint density at radius 2 is 2.11 bits per heavy atom. The zero-order valence-corrected chi connectivity index (χ0v) is 11.8. The van der Waals surface area contributed by atoms with Crippen LogP contribution in [0.25, 0.3) is 0 Å². The molecule has 0 bridgehead atoms. The van der Waals surface area contributed by atoms with Gasteiger partial charge in [0, 0.05) is 23.3 Å². The van der Waals surface area contributed by atoms with E-state index in [4.69, 9.17) is 10.5 Å². The maximum atomic E-state index is 11.3. The molecule has 0 fully saturated rings. The number of rotatable bonds is 3. The third-order valence-electron chi connectivity index (χ3n) is 3.23. The Labute approximate surface area is 108 Å². The van der Waals surface area contributed by atoms with Crippen molar-refractivity contribution in [2.45, 2.75) is 25.3 Å². The molecular weight excluding hydrogens is 250 g/mol. The summed E-state index contributed by atoms with van der Waals surface area (Å²) >= 11 is 0. The first-order chi connectivity index (χ1) is 8.19. The zero-order chi connectivity index (χ0) is 13.6. The molecule has 100 valence electrons. The van der Waals surface area contributed by atoms with Crippen LogP contribution in [0.5, 0.6) is 5.75 Å². The van der Waals surface area contributed by atoms with Crippen molar-refractivity contribution >= 4 is 9.84 Å². The highest BCUT2D eigenvalue weighted by atomic mass is 32.2. The summed E-state index contributed by atoms with van der Waals surface area (Å²) in [6, 6.07) is 5.21. The second-order valence-electron chi connectivity index (χ2n) is 5.63. The van der Waals surface area contributed by atoms with E-state index >= 15 is 0 Å². The molecule has 0 aliphatic carbocycles. The van der Waals surface area contributed by atoms with E-state index in [2.05, 4.69) is 13.8 Å². The minimum absolute atomic E-state index is 0.0347. The fourth-order valence-corrected chi connectivity index (χ4v) is 3.04. The Hall–Kier alpha value is -1.07. The van der Waals surface area contributed by atoms with Crippen LogP contribution >= 0.6 is 0 Å². The second kappa shape index (κ2) is 4.24. The van der Waals surface area contributed by atoms with Crippen molar-refractivity contribution in [1.82, 2.24) is 0 Å². The molecule has 2 rings (SSSR count). The Morgan fingerprint density at radius 1 is 1.44 bits per heavy atom. The Kier molecular flexibility index (Phi) is 3.15. The molecule has 0 aromatic heterocycles. The molecule has 0 spiro atoms. The van der Waals surface area contributed by atoms with Crippen LogP contribution in [0.15, 0.2) is 18.2 Å². The highest BCUT2D eigenvalue weighted by Gasteiger charge is 2.32. The van der Waals surface area contributed by atoms with Crippen LogP contribution in [-0.4, -0.2) is 27.0 Å². The van der Waals surface area contributed by atoms with Gasteiger partial charge in [-0.2, -0.15) is 0 Å². The summed E-state index contributed by atoms with van der Waals surface area (Å²) in [4.78, 5) is 0. The summed E-state index contributed by atoms with van der Waals surface area (Å²) in [7, 11) is -3.07. The summed E-state index contributed by atoms with van der Waals surface area (Å²) in [6.07, 6.45) is 1.20. The van der Waals surface area contributed by atoms with Gasteiger partial charge in [0.25, 0.3) is 0 Å². The van der Waals surface area contributed by atoms with Gasteiger partial charge in [-0.1, -0.05) is 19.9 Å². The van der Waals surface area contributed by atoms with Crippen LogP contribution in [0.4, 0.5) is 0 Å². The fraction of sp³-hybridized carbons (Fsp3) is 0.538. The van der Waals surface area contributed by atoms with Gasteiger partial charge < -0.3 is 10.5 Å². The van der Waals surface area contributed by atoms with E-state index in [-0.39, 0.29) is 11.2 Å². The van der Waals surface area contributed by atoms with E-state index in [9.17, 15) is 8.42 Å². The molecule has 0 saturated heterocycles. The molecule has 0 amide bonds. The number of hydrogen-bond acceptors (Lipinski definition) is 4. The largest absolute Gasteiger partial charge is 0.492 e. The SMILES string of the molecule is CC1(C)COc2ccc(C(N)CS(C)(=O)=O)cc21. The van der Waals surface area contributed by atoms with Crippen molar-refractivity contribution in [3.63, 3.8) is 0 Å². The van der Waals surface area contributed by atoms with Crippen molar-refractivity contribution in [3.05, 3.63) is 29.3 Å².